The van der Waals surface area contributed by atoms with Crippen LogP contribution in [0.2, 0.25) is 0 Å². The summed E-state index contributed by atoms with van der Waals surface area (Å²) in [5.41, 5.74) is 0.217. The molecule has 1 heterocycles. The first-order valence-corrected chi connectivity index (χ1v) is 7.61. The van der Waals surface area contributed by atoms with Gasteiger partial charge in [0.15, 0.2) is 0 Å². The third-order valence-electron chi connectivity index (χ3n) is 3.93. The molecule has 0 amide bonds. The van der Waals surface area contributed by atoms with E-state index in [2.05, 4.69) is 15.0 Å². The highest BCUT2D eigenvalue weighted by Gasteiger charge is 2.02. The molecule has 0 spiro atoms. The van der Waals surface area contributed by atoms with Crippen LogP contribution in [0, 0.1) is 0 Å². The number of hydrogen-bond donors (Lipinski definition) is 2. The molecule has 4 rings (SSSR count). The molecule has 25 heavy (non-hydrogen) atoms. The molecule has 6 nitrogen and oxygen atoms in total. The maximum absolute atomic E-state index is 12.4. The van der Waals surface area contributed by atoms with Gasteiger partial charge in [0.25, 0.3) is 0 Å². The third kappa shape index (κ3) is 2.81. The molecular weight excluding hydrogens is 318 g/mol. The van der Waals surface area contributed by atoms with E-state index in [4.69, 9.17) is 0 Å². The van der Waals surface area contributed by atoms with E-state index in [9.17, 15) is 14.7 Å². The Bertz CT molecular complexity index is 1250. The first-order valence-electron chi connectivity index (χ1n) is 7.61. The number of nitrogens with one attached hydrogen (secondary N) is 2. The number of aromatic nitrogens is 2. The Morgan fingerprint density at radius 2 is 1.52 bits per heavy atom. The molecule has 0 aliphatic rings. The zero-order chi connectivity index (χ0) is 17.4. The average Bonchev–Trinajstić information content (AvgIpc) is 2.62. The third-order valence-corrected chi connectivity index (χ3v) is 3.93. The molecule has 3 aromatic carbocycles. The fourth-order valence-corrected chi connectivity index (χ4v) is 2.68. The van der Waals surface area contributed by atoms with Gasteiger partial charge in [-0.2, -0.15) is 0 Å². The second-order valence-electron chi connectivity index (χ2n) is 5.62. The topological polar surface area (TPSA) is 101 Å². The lowest BCUT2D eigenvalue weighted by Gasteiger charge is -2.12. The lowest BCUT2D eigenvalue weighted by atomic mass is 10.1. The molecule has 1 aromatic heterocycles. The van der Waals surface area contributed by atoms with Gasteiger partial charge in [0, 0.05) is 0 Å². The highest BCUT2D eigenvalue weighted by atomic mass is 16.3. The molecule has 0 radical (unpaired) electrons. The fraction of sp³-hybridized carbons (Fsp3) is 0. The highest BCUT2D eigenvalue weighted by molar-refractivity contribution is 5.96. The number of H-pyrrole nitrogens is 2. The Labute approximate surface area is 141 Å². The molecule has 2 N–H and O–H groups in total. The zero-order valence-electron chi connectivity index (χ0n) is 12.9. The molecule has 0 aliphatic carbocycles. The lowest BCUT2D eigenvalue weighted by molar-refractivity contribution is -0.212. The predicted octanol–water partition coefficient (Wildman–Crippen LogP) is 1.81. The van der Waals surface area contributed by atoms with Gasteiger partial charge in [0.05, 0.1) is 16.7 Å². The van der Waals surface area contributed by atoms with Gasteiger partial charge >= 0.3 is 11.1 Å². The molecule has 0 atom stereocenters. The summed E-state index contributed by atoms with van der Waals surface area (Å²) < 4.78 is 0. The van der Waals surface area contributed by atoms with Crippen molar-refractivity contribution in [3.63, 3.8) is 0 Å². The molecule has 0 unspecified atom stereocenters. The van der Waals surface area contributed by atoms with Gasteiger partial charge in [-0.05, 0) is 46.5 Å². The van der Waals surface area contributed by atoms with Crippen molar-refractivity contribution in [3.8, 4) is 0 Å². The van der Waals surface area contributed by atoms with Crippen LogP contribution in [-0.4, -0.2) is 15.9 Å². The molecule has 0 saturated carbocycles. The van der Waals surface area contributed by atoms with Gasteiger partial charge in [-0.3, -0.25) is 14.6 Å². The van der Waals surface area contributed by atoms with Crippen LogP contribution in [-0.2, 0) is 0 Å². The monoisotopic (exact) mass is 330 g/mol. The van der Waals surface area contributed by atoms with Crippen LogP contribution in [0.4, 0.5) is 5.69 Å². The van der Waals surface area contributed by atoms with E-state index >= 15 is 0 Å². The molecule has 4 aromatic rings. The smallest absolute Gasteiger partial charge is 0.314 e. The van der Waals surface area contributed by atoms with Gasteiger partial charge < -0.3 is 15.1 Å². The summed E-state index contributed by atoms with van der Waals surface area (Å²) in [5, 5.41) is 14.5. The van der Waals surface area contributed by atoms with Crippen molar-refractivity contribution in [2.75, 3.05) is 0 Å². The first kappa shape index (κ1) is 14.9. The number of hydrogen-bond acceptors (Lipinski definition) is 4. The Hall–Kier alpha value is -3.67. The van der Waals surface area contributed by atoms with Crippen LogP contribution in [0.1, 0.15) is 5.56 Å². The number of nitrogens with zero attached hydrogens (tertiary/aromatic N) is 1. The summed E-state index contributed by atoms with van der Waals surface area (Å²) in [4.78, 5) is 31.8. The molecule has 0 fully saturated rings. The summed E-state index contributed by atoms with van der Waals surface area (Å²) in [6, 6.07) is 18.0. The van der Waals surface area contributed by atoms with Crippen LogP contribution in [0.25, 0.3) is 21.8 Å². The molecule has 0 aliphatic heterocycles. The van der Waals surface area contributed by atoms with E-state index in [1.807, 2.05) is 36.4 Å². The Balaban J connectivity index is 1.78. The van der Waals surface area contributed by atoms with Crippen LogP contribution in [0.5, 0.6) is 0 Å². The van der Waals surface area contributed by atoms with Crippen molar-refractivity contribution in [2.45, 2.75) is 0 Å². The van der Waals surface area contributed by atoms with E-state index in [1.54, 1.807) is 18.2 Å². The lowest BCUT2D eigenvalue weighted by Crippen LogP contribution is -2.29. The average molecular weight is 330 g/mol. The van der Waals surface area contributed by atoms with Crippen molar-refractivity contribution in [1.82, 2.24) is 9.97 Å². The predicted molar refractivity (Wildman–Crippen MR) is 95.3 cm³/mol. The number of aromatic amines is 2. The van der Waals surface area contributed by atoms with Crippen molar-refractivity contribution in [2.24, 2.45) is 4.99 Å². The van der Waals surface area contributed by atoms with E-state index in [0.717, 1.165) is 10.8 Å². The van der Waals surface area contributed by atoms with E-state index in [1.165, 1.54) is 6.07 Å². The number of fused-ring (bicyclic) bond motifs is 2. The number of benzene rings is 3. The van der Waals surface area contributed by atoms with Gasteiger partial charge in [0.1, 0.15) is 0 Å². The van der Waals surface area contributed by atoms with Crippen molar-refractivity contribution < 1.29 is 5.11 Å². The number of aliphatic imine (C=N–C) groups is 1. The van der Waals surface area contributed by atoms with Gasteiger partial charge in [-0.15, -0.1) is 0 Å². The summed E-state index contributed by atoms with van der Waals surface area (Å²) in [6.45, 7) is 0. The van der Waals surface area contributed by atoms with Gasteiger partial charge in [-0.1, -0.05) is 36.4 Å². The minimum absolute atomic E-state index is 0.323. The first-order chi connectivity index (χ1) is 12.1. The van der Waals surface area contributed by atoms with Crippen LogP contribution in [0.3, 0.4) is 0 Å². The standard InChI is InChI=1S/C19H13N3O3/c23-17(20-14-7-5-11-3-1-2-4-12(11)9-14)13-6-8-15-16(10-13)22-19(25)18(24)21-15/h1-10H,(H,20,23)(H,21,24)(H,22,25)/p-1. The largest absolute Gasteiger partial charge is 0.858 e. The minimum atomic E-state index is -0.761. The minimum Gasteiger partial charge on any atom is -0.858 e. The quantitative estimate of drug-likeness (QED) is 0.333. The van der Waals surface area contributed by atoms with Gasteiger partial charge in [-0.25, -0.2) is 0 Å². The maximum atomic E-state index is 12.4. The second-order valence-corrected chi connectivity index (χ2v) is 5.62. The normalized spacial score (nSPS) is 11.9. The van der Waals surface area contributed by atoms with Crippen LogP contribution >= 0.6 is 0 Å². The van der Waals surface area contributed by atoms with Crippen molar-refractivity contribution >= 4 is 33.4 Å². The SMILES string of the molecule is O=c1[nH]c2ccc(C([O-])=Nc3ccc4ccccc4c3)cc2[nH]c1=O. The molecule has 0 bridgehead atoms. The van der Waals surface area contributed by atoms with E-state index < -0.39 is 17.0 Å². The van der Waals surface area contributed by atoms with E-state index in [0.29, 0.717) is 22.3 Å². The van der Waals surface area contributed by atoms with E-state index in [-0.39, 0.29) is 0 Å². The van der Waals surface area contributed by atoms with Crippen molar-refractivity contribution in [1.29, 1.82) is 0 Å². The number of rotatable bonds is 2. The summed E-state index contributed by atoms with van der Waals surface area (Å²) in [7, 11) is 0. The Morgan fingerprint density at radius 1 is 0.800 bits per heavy atom. The zero-order valence-corrected chi connectivity index (χ0v) is 12.9. The summed E-state index contributed by atoms with van der Waals surface area (Å²) in [6.07, 6.45) is 0. The highest BCUT2D eigenvalue weighted by Crippen LogP contribution is 2.21. The Morgan fingerprint density at radius 3 is 2.32 bits per heavy atom. The summed E-state index contributed by atoms with van der Waals surface area (Å²) >= 11 is 0. The molecule has 122 valence electrons. The molecule has 6 heteroatoms. The van der Waals surface area contributed by atoms with Gasteiger partial charge in [0.2, 0.25) is 0 Å². The van der Waals surface area contributed by atoms with Crippen LogP contribution < -0.4 is 16.2 Å². The maximum Gasteiger partial charge on any atom is 0.314 e. The molecule has 0 saturated heterocycles. The van der Waals surface area contributed by atoms with Crippen molar-refractivity contribution in [3.05, 3.63) is 86.9 Å². The fourth-order valence-electron chi connectivity index (χ4n) is 2.68. The second kappa shape index (κ2) is 5.76. The Kier molecular flexibility index (Phi) is 3.43. The molecular formula is C19H12N3O3-. The van der Waals surface area contributed by atoms with Crippen LogP contribution in [0.15, 0.2) is 75.2 Å². The summed E-state index contributed by atoms with van der Waals surface area (Å²) in [5.74, 6) is -0.427.